The van der Waals surface area contributed by atoms with Crippen LogP contribution in [0, 0.1) is 13.8 Å². The van der Waals surface area contributed by atoms with E-state index in [2.05, 4.69) is 47.2 Å². The normalized spacial score (nSPS) is 15.9. The summed E-state index contributed by atoms with van der Waals surface area (Å²) in [5.41, 5.74) is 4.01. The van der Waals surface area contributed by atoms with E-state index in [1.54, 1.807) is 7.11 Å². The summed E-state index contributed by atoms with van der Waals surface area (Å²) in [6.07, 6.45) is 0. The van der Waals surface area contributed by atoms with Crippen molar-refractivity contribution in [3.63, 3.8) is 0 Å². The number of ether oxygens (including phenoxy) is 1. The minimum Gasteiger partial charge on any atom is -0.383 e. The van der Waals surface area contributed by atoms with Crippen molar-refractivity contribution in [2.45, 2.75) is 13.8 Å². The molecule has 1 heterocycles. The molecule has 2 rings (SSSR count). The fourth-order valence-electron chi connectivity index (χ4n) is 2.78. The Labute approximate surface area is 133 Å². The summed E-state index contributed by atoms with van der Waals surface area (Å²) in [6.45, 7) is 9.73. The Bertz CT molecular complexity index is 497. The summed E-state index contributed by atoms with van der Waals surface area (Å²) in [4.78, 5) is 16.4. The zero-order valence-corrected chi connectivity index (χ0v) is 13.9. The average Bonchev–Trinajstić information content (AvgIpc) is 2.51. The molecular formula is C17H27N3O2. The van der Waals surface area contributed by atoms with Gasteiger partial charge < -0.3 is 15.0 Å². The van der Waals surface area contributed by atoms with Gasteiger partial charge in [0.25, 0.3) is 0 Å². The maximum atomic E-state index is 11.8. The molecule has 22 heavy (non-hydrogen) atoms. The highest BCUT2D eigenvalue weighted by molar-refractivity contribution is 5.78. The second-order valence-electron chi connectivity index (χ2n) is 5.82. The number of piperazine rings is 1. The Morgan fingerprint density at radius 2 is 1.95 bits per heavy atom. The van der Waals surface area contributed by atoms with Gasteiger partial charge in [0.2, 0.25) is 5.91 Å². The van der Waals surface area contributed by atoms with Gasteiger partial charge in [-0.15, -0.1) is 0 Å². The van der Waals surface area contributed by atoms with Crippen LogP contribution in [-0.4, -0.2) is 63.8 Å². The van der Waals surface area contributed by atoms with Crippen molar-refractivity contribution in [3.8, 4) is 0 Å². The Balaban J connectivity index is 1.80. The number of anilines is 1. The number of carbonyl (C=O) groups excluding carboxylic acids is 1. The van der Waals surface area contributed by atoms with Gasteiger partial charge >= 0.3 is 0 Å². The molecule has 1 N–H and O–H groups in total. The van der Waals surface area contributed by atoms with Crippen molar-refractivity contribution < 1.29 is 9.53 Å². The van der Waals surface area contributed by atoms with Gasteiger partial charge in [-0.1, -0.05) is 12.1 Å². The van der Waals surface area contributed by atoms with E-state index >= 15 is 0 Å². The fraction of sp³-hybridized carbons (Fsp3) is 0.588. The second kappa shape index (κ2) is 8.15. The molecule has 1 aromatic carbocycles. The highest BCUT2D eigenvalue weighted by Crippen LogP contribution is 2.23. The number of amides is 1. The Morgan fingerprint density at radius 3 is 2.64 bits per heavy atom. The van der Waals surface area contributed by atoms with E-state index in [-0.39, 0.29) is 5.91 Å². The number of rotatable bonds is 6. The van der Waals surface area contributed by atoms with E-state index in [9.17, 15) is 4.79 Å². The maximum Gasteiger partial charge on any atom is 0.234 e. The van der Waals surface area contributed by atoms with Crippen molar-refractivity contribution >= 4 is 11.6 Å². The van der Waals surface area contributed by atoms with E-state index in [1.807, 2.05) is 0 Å². The standard InChI is InChI=1S/C17H27N3O2/c1-14-5-4-6-16(15(14)2)20-10-8-19(9-11-20)13-17(21)18-7-12-22-3/h4-6H,7-13H2,1-3H3,(H,18,21). The predicted octanol–water partition coefficient (Wildman–Crippen LogP) is 1.19. The van der Waals surface area contributed by atoms with Crippen LogP contribution in [0.15, 0.2) is 18.2 Å². The lowest BCUT2D eigenvalue weighted by Gasteiger charge is -2.36. The molecule has 0 saturated carbocycles. The van der Waals surface area contributed by atoms with Crippen molar-refractivity contribution in [2.24, 2.45) is 0 Å². The van der Waals surface area contributed by atoms with Crippen LogP contribution in [0.2, 0.25) is 0 Å². The smallest absolute Gasteiger partial charge is 0.234 e. The number of hydrogen-bond donors (Lipinski definition) is 1. The van der Waals surface area contributed by atoms with Crippen molar-refractivity contribution in [3.05, 3.63) is 29.3 Å². The van der Waals surface area contributed by atoms with Crippen LogP contribution in [0.4, 0.5) is 5.69 Å². The average molecular weight is 305 g/mol. The molecule has 5 heteroatoms. The van der Waals surface area contributed by atoms with Crippen molar-refractivity contribution in [1.82, 2.24) is 10.2 Å². The van der Waals surface area contributed by atoms with Gasteiger partial charge in [0, 0.05) is 45.5 Å². The van der Waals surface area contributed by atoms with E-state index in [0.29, 0.717) is 19.7 Å². The number of benzene rings is 1. The molecule has 1 aliphatic heterocycles. The molecular weight excluding hydrogens is 278 g/mol. The molecule has 0 bridgehead atoms. The molecule has 0 unspecified atom stereocenters. The van der Waals surface area contributed by atoms with Crippen LogP contribution in [0.25, 0.3) is 0 Å². The van der Waals surface area contributed by atoms with Gasteiger partial charge in [-0.05, 0) is 31.0 Å². The van der Waals surface area contributed by atoms with Crippen molar-refractivity contribution in [1.29, 1.82) is 0 Å². The minimum absolute atomic E-state index is 0.0808. The third-order valence-corrected chi connectivity index (χ3v) is 4.28. The maximum absolute atomic E-state index is 11.8. The molecule has 0 spiro atoms. The van der Waals surface area contributed by atoms with Crippen LogP contribution in [-0.2, 0) is 9.53 Å². The topological polar surface area (TPSA) is 44.8 Å². The summed E-state index contributed by atoms with van der Waals surface area (Å²) >= 11 is 0. The molecule has 1 fully saturated rings. The van der Waals surface area contributed by atoms with Gasteiger partial charge in [-0.2, -0.15) is 0 Å². The molecule has 0 radical (unpaired) electrons. The lowest BCUT2D eigenvalue weighted by Crippen LogP contribution is -2.49. The molecule has 1 aromatic rings. The number of nitrogens with zero attached hydrogens (tertiary/aromatic N) is 2. The van der Waals surface area contributed by atoms with Crippen LogP contribution in [0.5, 0.6) is 0 Å². The van der Waals surface area contributed by atoms with Crippen LogP contribution < -0.4 is 10.2 Å². The molecule has 0 aliphatic carbocycles. The molecule has 1 aliphatic rings. The van der Waals surface area contributed by atoms with Crippen LogP contribution in [0.1, 0.15) is 11.1 Å². The third kappa shape index (κ3) is 4.45. The Hall–Kier alpha value is -1.59. The number of carbonyl (C=O) groups is 1. The van der Waals surface area contributed by atoms with Crippen LogP contribution >= 0.6 is 0 Å². The number of aryl methyl sites for hydroxylation is 1. The lowest BCUT2D eigenvalue weighted by atomic mass is 10.1. The van der Waals surface area contributed by atoms with Crippen molar-refractivity contribution in [2.75, 3.05) is 57.9 Å². The van der Waals surface area contributed by atoms with E-state index in [4.69, 9.17) is 4.74 Å². The predicted molar refractivity (Wildman–Crippen MR) is 89.5 cm³/mol. The number of nitrogens with one attached hydrogen (secondary N) is 1. The fourth-order valence-corrected chi connectivity index (χ4v) is 2.78. The first kappa shape index (κ1) is 16.8. The first-order valence-corrected chi connectivity index (χ1v) is 7.91. The van der Waals surface area contributed by atoms with Gasteiger partial charge in [0.05, 0.1) is 13.2 Å². The molecule has 0 aromatic heterocycles. The van der Waals surface area contributed by atoms with Gasteiger partial charge in [-0.25, -0.2) is 0 Å². The first-order valence-electron chi connectivity index (χ1n) is 7.91. The molecule has 1 amide bonds. The molecule has 1 saturated heterocycles. The van der Waals surface area contributed by atoms with Gasteiger partial charge in [-0.3, -0.25) is 9.69 Å². The lowest BCUT2D eigenvalue weighted by molar-refractivity contribution is -0.122. The van der Waals surface area contributed by atoms with Gasteiger partial charge in [0.15, 0.2) is 0 Å². The zero-order chi connectivity index (χ0) is 15.9. The molecule has 122 valence electrons. The number of methoxy groups -OCH3 is 1. The quantitative estimate of drug-likeness (QED) is 0.802. The van der Waals surface area contributed by atoms with Crippen LogP contribution in [0.3, 0.4) is 0 Å². The first-order chi connectivity index (χ1) is 10.6. The Kier molecular flexibility index (Phi) is 6.21. The summed E-state index contributed by atoms with van der Waals surface area (Å²) in [6, 6.07) is 6.46. The van der Waals surface area contributed by atoms with E-state index in [0.717, 1.165) is 26.2 Å². The second-order valence-corrected chi connectivity index (χ2v) is 5.82. The summed E-state index contributed by atoms with van der Waals surface area (Å²) in [7, 11) is 1.64. The zero-order valence-electron chi connectivity index (χ0n) is 13.9. The number of hydrogen-bond acceptors (Lipinski definition) is 4. The molecule has 0 atom stereocenters. The SMILES string of the molecule is COCCNC(=O)CN1CCN(c2cccc(C)c2C)CC1. The molecule has 5 nitrogen and oxygen atoms in total. The van der Waals surface area contributed by atoms with Gasteiger partial charge in [0.1, 0.15) is 0 Å². The van der Waals surface area contributed by atoms with E-state index in [1.165, 1.54) is 16.8 Å². The summed E-state index contributed by atoms with van der Waals surface area (Å²) < 4.78 is 4.93. The summed E-state index contributed by atoms with van der Waals surface area (Å²) in [5.74, 6) is 0.0808. The largest absolute Gasteiger partial charge is 0.383 e. The van der Waals surface area contributed by atoms with E-state index < -0.39 is 0 Å². The minimum atomic E-state index is 0.0808. The Morgan fingerprint density at radius 1 is 1.23 bits per heavy atom. The highest BCUT2D eigenvalue weighted by Gasteiger charge is 2.20. The highest BCUT2D eigenvalue weighted by atomic mass is 16.5. The summed E-state index contributed by atoms with van der Waals surface area (Å²) in [5, 5.41) is 2.87. The third-order valence-electron chi connectivity index (χ3n) is 4.28. The monoisotopic (exact) mass is 305 g/mol.